The number of benzene rings is 2. The van der Waals surface area contributed by atoms with Gasteiger partial charge in [0.25, 0.3) is 0 Å². The molecule has 36 heavy (non-hydrogen) atoms. The molecule has 0 fully saturated rings. The molecule has 2 aromatic carbocycles. The number of fused-ring (bicyclic) bond motifs is 1. The minimum absolute atomic E-state index is 0.110. The lowest BCUT2D eigenvalue weighted by molar-refractivity contribution is -0.118. The van der Waals surface area contributed by atoms with Gasteiger partial charge in [-0.15, -0.1) is 5.10 Å². The average molecular weight is 505 g/mol. The molecule has 8 heteroatoms. The fourth-order valence-electron chi connectivity index (χ4n) is 4.99. The van der Waals surface area contributed by atoms with E-state index in [1.807, 2.05) is 35.0 Å². The van der Waals surface area contributed by atoms with Gasteiger partial charge in [-0.2, -0.15) is 4.98 Å². The number of hydrogen-bond donors (Lipinski definition) is 1. The largest absolute Gasteiger partial charge is 0.493 e. The third-order valence-corrected chi connectivity index (χ3v) is 7.45. The number of anilines is 1. The van der Waals surface area contributed by atoms with E-state index < -0.39 is 0 Å². The molecule has 0 spiro atoms. The van der Waals surface area contributed by atoms with Crippen LogP contribution in [0.4, 0.5) is 5.95 Å². The lowest BCUT2D eigenvalue weighted by Crippen LogP contribution is -2.36. The number of Topliss-reactive ketones (excluding diaryl/α,β-unsaturated/α-hetero) is 1. The van der Waals surface area contributed by atoms with Gasteiger partial charge in [-0.05, 0) is 53.3 Å². The zero-order valence-electron chi connectivity index (χ0n) is 21.4. The Labute approximate surface area is 216 Å². The second kappa shape index (κ2) is 9.65. The zero-order chi connectivity index (χ0) is 25.4. The molecule has 1 aromatic heterocycles. The third-order valence-electron chi connectivity index (χ3n) is 6.73. The molecule has 2 heterocycles. The molecule has 0 bridgehead atoms. The summed E-state index contributed by atoms with van der Waals surface area (Å²) in [5, 5.41) is 8.89. The van der Waals surface area contributed by atoms with E-state index in [9.17, 15) is 4.79 Å². The molecule has 0 amide bonds. The Morgan fingerprint density at radius 2 is 1.97 bits per heavy atom. The van der Waals surface area contributed by atoms with Crippen LogP contribution in [0.3, 0.4) is 0 Å². The molecule has 0 saturated carbocycles. The maximum atomic E-state index is 13.5. The van der Waals surface area contributed by atoms with Crippen LogP contribution in [0.5, 0.6) is 11.5 Å². The molecular weight excluding hydrogens is 472 g/mol. The van der Waals surface area contributed by atoms with E-state index >= 15 is 0 Å². The van der Waals surface area contributed by atoms with E-state index in [4.69, 9.17) is 19.6 Å². The number of carbonyl (C=O) groups is 1. The number of methoxy groups -OCH3 is 1. The van der Waals surface area contributed by atoms with Gasteiger partial charge >= 0.3 is 0 Å². The van der Waals surface area contributed by atoms with Gasteiger partial charge in [0, 0.05) is 17.7 Å². The number of carbonyl (C=O) groups excluding carboxylic acids is 1. The fourth-order valence-corrected chi connectivity index (χ4v) is 5.54. The Bertz CT molecular complexity index is 1340. The SMILES string of the molecule is CCSc1nc2n(n1)C(c1ccc(OCc3ccccc3C)c(OC)c1)C1=C(CC(C)(C)CC1=O)N2. The molecule has 2 aliphatic rings. The molecule has 1 atom stereocenters. The Hall–Kier alpha value is -3.26. The van der Waals surface area contributed by atoms with Gasteiger partial charge in [0.15, 0.2) is 17.3 Å². The molecule has 0 radical (unpaired) electrons. The Kier molecular flexibility index (Phi) is 6.55. The highest BCUT2D eigenvalue weighted by Gasteiger charge is 2.42. The summed E-state index contributed by atoms with van der Waals surface area (Å²) in [6.45, 7) is 8.86. The lowest BCUT2D eigenvalue weighted by atomic mass is 9.73. The first kappa shape index (κ1) is 24.4. The standard InChI is InChI=1S/C28H32N4O3S/c1-6-36-27-30-26-29-20-14-28(3,4)15-21(33)24(20)25(32(26)31-27)18-11-12-22(23(13-18)34-5)35-16-19-10-8-7-9-17(19)2/h7-13,25H,6,14-16H2,1-5H3,(H,29,30,31). The van der Waals surface area contributed by atoms with Crippen molar-refractivity contribution < 1.29 is 14.3 Å². The summed E-state index contributed by atoms with van der Waals surface area (Å²) in [5.41, 5.74) is 4.81. The summed E-state index contributed by atoms with van der Waals surface area (Å²) in [6, 6.07) is 13.7. The third kappa shape index (κ3) is 4.62. The van der Waals surface area contributed by atoms with E-state index in [1.54, 1.807) is 18.9 Å². The van der Waals surface area contributed by atoms with Crippen LogP contribution in [0.1, 0.15) is 56.3 Å². The number of ketones is 1. The van der Waals surface area contributed by atoms with Crippen molar-refractivity contribution in [3.8, 4) is 11.5 Å². The molecular formula is C28H32N4O3S. The first-order valence-corrected chi connectivity index (χ1v) is 13.3. The first-order chi connectivity index (χ1) is 17.3. The zero-order valence-corrected chi connectivity index (χ0v) is 22.2. The highest BCUT2D eigenvalue weighted by atomic mass is 32.2. The normalized spacial score (nSPS) is 18.4. The number of nitrogens with one attached hydrogen (secondary N) is 1. The van der Waals surface area contributed by atoms with Crippen molar-refractivity contribution in [3.05, 3.63) is 70.4 Å². The van der Waals surface area contributed by atoms with Crippen molar-refractivity contribution in [1.29, 1.82) is 0 Å². The second-order valence-corrected chi connectivity index (χ2v) is 11.3. The van der Waals surface area contributed by atoms with Crippen LogP contribution < -0.4 is 14.8 Å². The molecule has 7 nitrogen and oxygen atoms in total. The maximum Gasteiger partial charge on any atom is 0.227 e. The quantitative estimate of drug-likeness (QED) is 0.399. The molecule has 1 unspecified atom stereocenters. The molecule has 3 aromatic rings. The monoisotopic (exact) mass is 504 g/mol. The fraction of sp³-hybridized carbons (Fsp3) is 0.393. The van der Waals surface area contributed by atoms with Crippen LogP contribution in [0.15, 0.2) is 58.9 Å². The molecule has 1 aliphatic carbocycles. The van der Waals surface area contributed by atoms with E-state index in [2.05, 4.69) is 45.1 Å². The van der Waals surface area contributed by atoms with Crippen LogP contribution in [-0.2, 0) is 11.4 Å². The summed E-state index contributed by atoms with van der Waals surface area (Å²) >= 11 is 1.58. The van der Waals surface area contributed by atoms with Gasteiger partial charge in [-0.25, -0.2) is 4.68 Å². The lowest BCUT2D eigenvalue weighted by Gasteiger charge is -2.38. The summed E-state index contributed by atoms with van der Waals surface area (Å²) in [5.74, 6) is 2.95. The number of hydrogen-bond acceptors (Lipinski definition) is 7. The van der Waals surface area contributed by atoms with Gasteiger partial charge < -0.3 is 14.8 Å². The van der Waals surface area contributed by atoms with Gasteiger partial charge in [0.1, 0.15) is 12.6 Å². The summed E-state index contributed by atoms with van der Waals surface area (Å²) in [4.78, 5) is 18.2. The van der Waals surface area contributed by atoms with Gasteiger partial charge in [0.05, 0.1) is 7.11 Å². The summed E-state index contributed by atoms with van der Waals surface area (Å²) < 4.78 is 13.7. The molecule has 5 rings (SSSR count). The van der Waals surface area contributed by atoms with Crippen molar-refractivity contribution in [3.63, 3.8) is 0 Å². The average Bonchev–Trinajstić information content (AvgIpc) is 3.23. The van der Waals surface area contributed by atoms with Crippen molar-refractivity contribution in [2.75, 3.05) is 18.2 Å². The molecule has 0 saturated heterocycles. The summed E-state index contributed by atoms with van der Waals surface area (Å²) in [6.07, 6.45) is 1.28. The second-order valence-electron chi connectivity index (χ2n) is 10.1. The Balaban J connectivity index is 1.54. The topological polar surface area (TPSA) is 78.3 Å². The number of thioether (sulfide) groups is 1. The highest BCUT2D eigenvalue weighted by Crippen LogP contribution is 2.46. The number of nitrogens with zero attached hydrogens (tertiary/aromatic N) is 3. The van der Waals surface area contributed by atoms with Gasteiger partial charge in [-0.3, -0.25) is 4.79 Å². The Morgan fingerprint density at radius 3 is 2.72 bits per heavy atom. The number of allylic oxidation sites excluding steroid dienone is 2. The van der Waals surface area contributed by atoms with Crippen LogP contribution in [0.25, 0.3) is 0 Å². The molecule has 1 aliphatic heterocycles. The number of ether oxygens (including phenoxy) is 2. The van der Waals surface area contributed by atoms with Crippen LogP contribution in [0, 0.1) is 12.3 Å². The summed E-state index contributed by atoms with van der Waals surface area (Å²) in [7, 11) is 1.64. The van der Waals surface area contributed by atoms with E-state index in [1.165, 1.54) is 5.56 Å². The Morgan fingerprint density at radius 1 is 1.17 bits per heavy atom. The van der Waals surface area contributed by atoms with E-state index in [0.717, 1.165) is 34.6 Å². The number of aryl methyl sites for hydroxylation is 1. The van der Waals surface area contributed by atoms with Crippen LogP contribution in [-0.4, -0.2) is 33.4 Å². The van der Waals surface area contributed by atoms with Crippen molar-refractivity contribution in [1.82, 2.24) is 14.8 Å². The smallest absolute Gasteiger partial charge is 0.227 e. The number of rotatable bonds is 7. The molecule has 188 valence electrons. The van der Waals surface area contributed by atoms with Crippen LogP contribution >= 0.6 is 11.8 Å². The van der Waals surface area contributed by atoms with Crippen molar-refractivity contribution >= 4 is 23.5 Å². The van der Waals surface area contributed by atoms with E-state index in [-0.39, 0.29) is 17.2 Å². The maximum absolute atomic E-state index is 13.5. The van der Waals surface area contributed by atoms with Gasteiger partial charge in [0.2, 0.25) is 11.1 Å². The highest BCUT2D eigenvalue weighted by molar-refractivity contribution is 7.99. The van der Waals surface area contributed by atoms with Crippen LogP contribution in [0.2, 0.25) is 0 Å². The minimum Gasteiger partial charge on any atom is -0.493 e. The molecule has 1 N–H and O–H groups in total. The van der Waals surface area contributed by atoms with Gasteiger partial charge in [-0.1, -0.05) is 62.9 Å². The first-order valence-electron chi connectivity index (χ1n) is 12.3. The number of aromatic nitrogens is 3. The predicted octanol–water partition coefficient (Wildman–Crippen LogP) is 5.94. The van der Waals surface area contributed by atoms with E-state index in [0.29, 0.717) is 35.6 Å². The predicted molar refractivity (Wildman–Crippen MR) is 142 cm³/mol. The minimum atomic E-state index is -0.377. The van der Waals surface area contributed by atoms with Crippen molar-refractivity contribution in [2.45, 2.75) is 58.3 Å². The van der Waals surface area contributed by atoms with Crippen molar-refractivity contribution in [2.24, 2.45) is 5.41 Å².